The number of hydrogen-bond donors (Lipinski definition) is 1. The summed E-state index contributed by atoms with van der Waals surface area (Å²) in [6, 6.07) is 9.52. The van der Waals surface area contributed by atoms with E-state index >= 15 is 0 Å². The maximum absolute atomic E-state index is 12.7. The smallest absolute Gasteiger partial charge is 0.344 e. The van der Waals surface area contributed by atoms with Gasteiger partial charge in [0, 0.05) is 53.4 Å². The Labute approximate surface area is 174 Å². The Kier molecular flexibility index (Phi) is 4.94. The van der Waals surface area contributed by atoms with E-state index in [2.05, 4.69) is 42.8 Å². The van der Waals surface area contributed by atoms with Gasteiger partial charge >= 0.3 is 11.6 Å². The van der Waals surface area contributed by atoms with E-state index < -0.39 is 5.97 Å². The van der Waals surface area contributed by atoms with Crippen molar-refractivity contribution in [3.8, 4) is 11.1 Å². The van der Waals surface area contributed by atoms with Crippen molar-refractivity contribution in [2.24, 2.45) is 0 Å². The number of rotatable bonds is 5. The average Bonchev–Trinajstić information content (AvgIpc) is 2.69. The second-order valence-corrected chi connectivity index (χ2v) is 8.27. The van der Waals surface area contributed by atoms with Crippen molar-refractivity contribution in [3.05, 3.63) is 64.8 Å². The predicted molar refractivity (Wildman–Crippen MR) is 116 cm³/mol. The molecule has 6 heteroatoms. The highest BCUT2D eigenvalue weighted by molar-refractivity contribution is 5.93. The number of carboxylic acids is 1. The van der Waals surface area contributed by atoms with Crippen molar-refractivity contribution in [1.82, 2.24) is 0 Å². The zero-order valence-corrected chi connectivity index (χ0v) is 17.4. The number of aromatic amines is 1. The summed E-state index contributed by atoms with van der Waals surface area (Å²) >= 11 is 0. The van der Waals surface area contributed by atoms with Gasteiger partial charge in [-0.05, 0) is 44.9 Å². The van der Waals surface area contributed by atoms with Gasteiger partial charge in [0.25, 0.3) is 0 Å². The predicted octanol–water partition coefficient (Wildman–Crippen LogP) is 4.14. The van der Waals surface area contributed by atoms with Crippen molar-refractivity contribution < 1.29 is 19.3 Å². The van der Waals surface area contributed by atoms with Crippen molar-refractivity contribution in [2.75, 3.05) is 11.4 Å². The molecule has 2 aromatic heterocycles. The van der Waals surface area contributed by atoms with Crippen LogP contribution in [-0.4, -0.2) is 23.2 Å². The fourth-order valence-electron chi connectivity index (χ4n) is 4.26. The van der Waals surface area contributed by atoms with Gasteiger partial charge < -0.3 is 14.4 Å². The summed E-state index contributed by atoms with van der Waals surface area (Å²) in [6.07, 6.45) is 6.41. The molecule has 3 aromatic rings. The van der Waals surface area contributed by atoms with Crippen LogP contribution in [-0.2, 0) is 4.79 Å². The van der Waals surface area contributed by atoms with E-state index in [9.17, 15) is 9.59 Å². The molecule has 0 radical (unpaired) electrons. The first-order valence-electron chi connectivity index (χ1n) is 10.0. The van der Waals surface area contributed by atoms with Crippen LogP contribution >= 0.6 is 0 Å². The molecule has 4 rings (SSSR count). The number of nitrogens with zero attached hydrogens (tertiary/aromatic N) is 1. The summed E-state index contributed by atoms with van der Waals surface area (Å²) in [5.41, 5.74) is 4.37. The molecule has 0 atom stereocenters. The van der Waals surface area contributed by atoms with Gasteiger partial charge in [-0.2, -0.15) is 0 Å². The zero-order chi connectivity index (χ0) is 21.5. The molecule has 6 nitrogen and oxygen atoms in total. The fraction of sp³-hybridized carbons (Fsp3) is 0.292. The van der Waals surface area contributed by atoms with Gasteiger partial charge in [-0.15, -0.1) is 0 Å². The second-order valence-electron chi connectivity index (χ2n) is 8.27. The molecule has 3 heterocycles. The number of fused-ring (bicyclic) bond motifs is 2. The normalized spacial score (nSPS) is 15.0. The molecular formula is C24H25N2O4+. The van der Waals surface area contributed by atoms with Crippen LogP contribution in [0.3, 0.4) is 0 Å². The molecule has 0 saturated carbocycles. The monoisotopic (exact) mass is 405 g/mol. The van der Waals surface area contributed by atoms with E-state index in [1.54, 1.807) is 12.4 Å². The minimum Gasteiger partial charge on any atom is -0.481 e. The van der Waals surface area contributed by atoms with Crippen LogP contribution in [0, 0.1) is 0 Å². The van der Waals surface area contributed by atoms with Crippen molar-refractivity contribution in [3.63, 3.8) is 0 Å². The Balaban J connectivity index is 1.84. The first-order valence-corrected chi connectivity index (χ1v) is 10.0. The average molecular weight is 405 g/mol. The van der Waals surface area contributed by atoms with E-state index in [4.69, 9.17) is 9.52 Å². The van der Waals surface area contributed by atoms with Gasteiger partial charge in [0.15, 0.2) is 12.4 Å². The number of H-pyrrole nitrogens is 1. The highest BCUT2D eigenvalue weighted by atomic mass is 16.4. The van der Waals surface area contributed by atoms with Crippen molar-refractivity contribution in [2.45, 2.75) is 39.2 Å². The van der Waals surface area contributed by atoms with E-state index in [1.165, 1.54) is 0 Å². The molecule has 1 aromatic carbocycles. The van der Waals surface area contributed by atoms with E-state index in [1.807, 2.05) is 24.3 Å². The van der Waals surface area contributed by atoms with Gasteiger partial charge in [-0.3, -0.25) is 4.79 Å². The summed E-state index contributed by atoms with van der Waals surface area (Å²) in [6.45, 7) is 6.89. The lowest BCUT2D eigenvalue weighted by molar-refractivity contribution is -0.377. The third-order valence-corrected chi connectivity index (χ3v) is 5.63. The minimum absolute atomic E-state index is 0.116. The largest absolute Gasteiger partial charge is 0.481 e. The molecule has 0 aliphatic carbocycles. The lowest BCUT2D eigenvalue weighted by atomic mass is 9.87. The molecule has 0 fully saturated rings. The van der Waals surface area contributed by atoms with Crippen LogP contribution in [0.15, 0.2) is 58.0 Å². The van der Waals surface area contributed by atoms with Crippen LogP contribution in [0.1, 0.15) is 39.2 Å². The lowest BCUT2D eigenvalue weighted by Gasteiger charge is -2.43. The van der Waals surface area contributed by atoms with Crippen LogP contribution in [0.25, 0.3) is 27.7 Å². The van der Waals surface area contributed by atoms with Crippen molar-refractivity contribution >= 4 is 28.2 Å². The Morgan fingerprint density at radius 2 is 1.87 bits per heavy atom. The Hall–Kier alpha value is -3.41. The molecule has 30 heavy (non-hydrogen) atoms. The highest BCUT2D eigenvalue weighted by Crippen LogP contribution is 2.41. The summed E-state index contributed by atoms with van der Waals surface area (Å²) in [5, 5.41) is 9.88. The number of carbonyl (C=O) groups is 1. The van der Waals surface area contributed by atoms with Crippen LogP contribution in [0.2, 0.25) is 0 Å². The maximum Gasteiger partial charge on any atom is 0.344 e. The number of benzene rings is 1. The van der Waals surface area contributed by atoms with E-state index in [0.717, 1.165) is 27.8 Å². The molecule has 0 amide bonds. The van der Waals surface area contributed by atoms with Crippen LogP contribution < -0.4 is 15.5 Å². The van der Waals surface area contributed by atoms with Gasteiger partial charge in [0.1, 0.15) is 5.58 Å². The van der Waals surface area contributed by atoms with Gasteiger partial charge in [0.05, 0.1) is 11.1 Å². The van der Waals surface area contributed by atoms with Gasteiger partial charge in [-0.25, -0.2) is 9.78 Å². The molecule has 0 unspecified atom stereocenters. The summed E-state index contributed by atoms with van der Waals surface area (Å²) in [5.74, 6) is -0.799. The number of hydrogen-bond acceptors (Lipinski definition) is 4. The molecule has 0 bridgehead atoms. The first-order chi connectivity index (χ1) is 14.3. The Morgan fingerprint density at radius 3 is 2.57 bits per heavy atom. The second kappa shape index (κ2) is 7.44. The van der Waals surface area contributed by atoms with Gasteiger partial charge in [0.2, 0.25) is 0 Å². The third kappa shape index (κ3) is 3.61. The quantitative estimate of drug-likeness (QED) is 0.645. The number of allylic oxidation sites excluding steroid dienone is 1. The summed E-state index contributed by atoms with van der Waals surface area (Å²) in [4.78, 5) is 28.8. The summed E-state index contributed by atoms with van der Waals surface area (Å²) < 4.78 is 5.70. The van der Waals surface area contributed by atoms with Crippen molar-refractivity contribution in [1.29, 1.82) is 0 Å². The number of aromatic nitrogens is 1. The molecule has 1 aliphatic rings. The summed E-state index contributed by atoms with van der Waals surface area (Å²) in [7, 11) is 0. The van der Waals surface area contributed by atoms with Crippen LogP contribution in [0.4, 0.5) is 5.69 Å². The standard InChI is InChI=1S/C24H24N2O4/c1-15-14-24(2,3)26(10-4-5-22(27)28)20-13-21-17(11-18(15)20)12-19(23(29)30-21)16-6-8-25-9-7-16/h6-9,11-14H,4-5,10H2,1-3H3,(H,27,28)/p+1. The molecular weight excluding hydrogens is 380 g/mol. The minimum atomic E-state index is -0.799. The maximum atomic E-state index is 12.7. The molecule has 2 N–H and O–H groups in total. The Bertz CT molecular complexity index is 1210. The Morgan fingerprint density at radius 1 is 1.17 bits per heavy atom. The number of aliphatic carboxylic acids is 1. The number of pyridine rings is 1. The SMILES string of the molecule is CC1=CC(C)(C)N(CCCC(=O)O)c2cc3oc(=O)c(-c4cc[nH+]cc4)cc3cc21. The lowest BCUT2D eigenvalue weighted by Crippen LogP contribution is -2.45. The van der Waals surface area contributed by atoms with Crippen LogP contribution in [0.5, 0.6) is 0 Å². The number of carboxylic acid groups (broad SMARTS) is 1. The van der Waals surface area contributed by atoms with E-state index in [-0.39, 0.29) is 17.6 Å². The number of nitrogens with one attached hydrogen (secondary N) is 1. The molecule has 0 saturated heterocycles. The fourth-order valence-corrected chi connectivity index (χ4v) is 4.26. The number of anilines is 1. The zero-order valence-electron chi connectivity index (χ0n) is 17.4. The molecule has 1 aliphatic heterocycles. The van der Waals surface area contributed by atoms with Gasteiger partial charge in [-0.1, -0.05) is 6.08 Å². The van der Waals surface area contributed by atoms with E-state index in [0.29, 0.717) is 24.1 Å². The highest BCUT2D eigenvalue weighted by Gasteiger charge is 2.31. The molecule has 0 spiro atoms. The first kappa shape index (κ1) is 19.9. The molecule has 154 valence electrons. The third-order valence-electron chi connectivity index (χ3n) is 5.63. The topological polar surface area (TPSA) is 84.9 Å².